The van der Waals surface area contributed by atoms with E-state index >= 15 is 0 Å². The summed E-state index contributed by atoms with van der Waals surface area (Å²) >= 11 is 0. The first kappa shape index (κ1) is 21.2. The van der Waals surface area contributed by atoms with Gasteiger partial charge in [0.2, 0.25) is 0 Å². The quantitative estimate of drug-likeness (QED) is 0.441. The van der Waals surface area contributed by atoms with Crippen LogP contribution in [0.4, 0.5) is 0 Å². The summed E-state index contributed by atoms with van der Waals surface area (Å²) in [6.45, 7) is 5.75. The number of nitrogens with one attached hydrogen (secondary N) is 1. The van der Waals surface area contributed by atoms with Crippen molar-refractivity contribution in [2.24, 2.45) is 0 Å². The van der Waals surface area contributed by atoms with Crippen LogP contribution in [0.25, 0.3) is 0 Å². The molecular weight excluding hydrogens is 396 g/mol. The molecule has 1 saturated heterocycles. The van der Waals surface area contributed by atoms with Crippen LogP contribution < -0.4 is 16.4 Å². The van der Waals surface area contributed by atoms with E-state index < -0.39 is 56.4 Å². The molecule has 2 heterocycles. The molecule has 156 valence electrons. The molecule has 1 aliphatic rings. The summed E-state index contributed by atoms with van der Waals surface area (Å²) in [6, 6.07) is 8.22. The van der Waals surface area contributed by atoms with E-state index in [1.54, 1.807) is 12.1 Å². The largest absolute Gasteiger partial charge is 0.451 e. The molecule has 0 spiro atoms. The molecule has 0 amide bonds. The van der Waals surface area contributed by atoms with Crippen LogP contribution >= 0.6 is 0 Å². The Morgan fingerprint density at radius 3 is 2.55 bits per heavy atom. The number of carbonyl (C=O) groups excluding carboxylic acids is 1. The molecule has 4 atom stereocenters. The normalized spacial score (nSPS) is 24.4. The maximum Gasteiger partial charge on any atom is 0.338 e. The van der Waals surface area contributed by atoms with Crippen molar-refractivity contribution in [3.8, 4) is 0 Å². The van der Waals surface area contributed by atoms with Crippen molar-refractivity contribution in [1.29, 1.82) is 0 Å². The summed E-state index contributed by atoms with van der Waals surface area (Å²) < 4.78 is 12.1. The molecule has 2 aromatic rings. The standard InChI is InChI=1S/C19H24N2O7Si/c1-29(2,3)13-7-5-4-6-11(13)18(25)28-16-15(24)12(10-22)27-17(16)21-9-8-14(23)20-19(21)26/h4-9,12,15-17,22,24H,10H2,1-3H3,(H,20,23,26)/t12-,15-,16-,17-/m1/s1. The highest BCUT2D eigenvalue weighted by atomic mass is 28.3. The molecule has 1 aromatic heterocycles. The first-order chi connectivity index (χ1) is 13.6. The lowest BCUT2D eigenvalue weighted by Crippen LogP contribution is -2.44. The molecule has 10 heteroatoms. The summed E-state index contributed by atoms with van der Waals surface area (Å²) in [5.74, 6) is -0.656. The highest BCUT2D eigenvalue weighted by Crippen LogP contribution is 2.31. The van der Waals surface area contributed by atoms with Crippen molar-refractivity contribution in [3.63, 3.8) is 0 Å². The van der Waals surface area contributed by atoms with Gasteiger partial charge in [0.05, 0.1) is 20.2 Å². The fourth-order valence-electron chi connectivity index (χ4n) is 3.35. The molecule has 1 fully saturated rings. The van der Waals surface area contributed by atoms with Crippen LogP contribution in [0.3, 0.4) is 0 Å². The average Bonchev–Trinajstić information content (AvgIpc) is 2.96. The van der Waals surface area contributed by atoms with Gasteiger partial charge in [0.25, 0.3) is 5.56 Å². The highest BCUT2D eigenvalue weighted by Gasteiger charge is 2.47. The Morgan fingerprint density at radius 2 is 1.93 bits per heavy atom. The Kier molecular flexibility index (Phi) is 5.89. The minimum absolute atomic E-state index is 0.388. The molecule has 9 nitrogen and oxygen atoms in total. The van der Waals surface area contributed by atoms with E-state index in [1.165, 1.54) is 6.20 Å². The van der Waals surface area contributed by atoms with Crippen LogP contribution in [0.2, 0.25) is 19.6 Å². The van der Waals surface area contributed by atoms with Gasteiger partial charge in [0, 0.05) is 12.3 Å². The number of aliphatic hydroxyl groups is 2. The fourth-order valence-corrected chi connectivity index (χ4v) is 4.94. The zero-order chi connectivity index (χ0) is 21.3. The summed E-state index contributed by atoms with van der Waals surface area (Å²) in [6.07, 6.45) is -3.67. The Bertz CT molecular complexity index is 1010. The van der Waals surface area contributed by atoms with Crippen molar-refractivity contribution in [3.05, 3.63) is 62.9 Å². The number of aliphatic hydroxyl groups excluding tert-OH is 2. The number of benzene rings is 1. The van der Waals surface area contributed by atoms with Crippen LogP contribution in [0.5, 0.6) is 0 Å². The fraction of sp³-hybridized carbons (Fsp3) is 0.421. The average molecular weight is 420 g/mol. The maximum absolute atomic E-state index is 13.0. The number of rotatable bonds is 5. The number of hydrogen-bond donors (Lipinski definition) is 3. The summed E-state index contributed by atoms with van der Waals surface area (Å²) in [5.41, 5.74) is -0.989. The van der Waals surface area contributed by atoms with Crippen LogP contribution in [-0.2, 0) is 9.47 Å². The third-order valence-corrected chi connectivity index (χ3v) is 6.87. The third kappa shape index (κ3) is 4.25. The lowest BCUT2D eigenvalue weighted by Gasteiger charge is -2.24. The molecule has 29 heavy (non-hydrogen) atoms. The predicted molar refractivity (Wildman–Crippen MR) is 107 cm³/mol. The Balaban J connectivity index is 1.96. The topological polar surface area (TPSA) is 131 Å². The maximum atomic E-state index is 13.0. The highest BCUT2D eigenvalue weighted by molar-refractivity contribution is 6.89. The molecule has 1 aliphatic heterocycles. The SMILES string of the molecule is C[Si](C)(C)c1ccccc1C(=O)O[C@@H]1[C@H](O)[C@@H](CO)O[C@H]1n1ccc(=O)[nH]c1=O. The van der Waals surface area contributed by atoms with E-state index in [1.807, 2.05) is 12.1 Å². The molecule has 0 radical (unpaired) electrons. The van der Waals surface area contributed by atoms with E-state index in [0.717, 1.165) is 15.8 Å². The molecule has 0 saturated carbocycles. The summed E-state index contributed by atoms with van der Waals surface area (Å²) in [5, 5.41) is 20.9. The number of aromatic amines is 1. The number of esters is 1. The van der Waals surface area contributed by atoms with Crippen LogP contribution in [0, 0.1) is 0 Å². The molecule has 0 bridgehead atoms. The minimum Gasteiger partial charge on any atom is -0.451 e. The van der Waals surface area contributed by atoms with Crippen molar-refractivity contribution in [2.45, 2.75) is 44.2 Å². The number of aromatic nitrogens is 2. The zero-order valence-corrected chi connectivity index (χ0v) is 17.4. The number of ether oxygens (including phenoxy) is 2. The van der Waals surface area contributed by atoms with Crippen molar-refractivity contribution in [1.82, 2.24) is 9.55 Å². The number of carbonyl (C=O) groups is 1. The molecule has 1 aromatic carbocycles. The third-order valence-electron chi connectivity index (χ3n) is 4.82. The van der Waals surface area contributed by atoms with Gasteiger partial charge in [-0.05, 0) is 11.3 Å². The lowest BCUT2D eigenvalue weighted by atomic mass is 10.1. The molecule has 0 unspecified atom stereocenters. The summed E-state index contributed by atoms with van der Waals surface area (Å²) in [4.78, 5) is 38.5. The summed E-state index contributed by atoms with van der Waals surface area (Å²) in [7, 11) is -1.86. The van der Waals surface area contributed by atoms with E-state index in [4.69, 9.17) is 9.47 Å². The first-order valence-electron chi connectivity index (χ1n) is 9.20. The Morgan fingerprint density at radius 1 is 1.24 bits per heavy atom. The smallest absolute Gasteiger partial charge is 0.338 e. The predicted octanol–water partition coefficient (Wildman–Crippen LogP) is -0.442. The van der Waals surface area contributed by atoms with Gasteiger partial charge in [-0.15, -0.1) is 0 Å². The van der Waals surface area contributed by atoms with Gasteiger partial charge in [0.15, 0.2) is 12.3 Å². The second-order valence-electron chi connectivity index (χ2n) is 7.92. The number of nitrogens with zero attached hydrogens (tertiary/aromatic N) is 1. The molecule has 3 rings (SSSR count). The van der Waals surface area contributed by atoms with Crippen molar-refractivity contribution in [2.75, 3.05) is 6.61 Å². The van der Waals surface area contributed by atoms with Crippen molar-refractivity contribution < 1.29 is 24.5 Å². The molecular formula is C19H24N2O7Si. The Hall–Kier alpha value is -2.53. The van der Waals surface area contributed by atoms with Gasteiger partial charge in [-0.2, -0.15) is 0 Å². The van der Waals surface area contributed by atoms with Crippen LogP contribution in [0.1, 0.15) is 16.6 Å². The van der Waals surface area contributed by atoms with E-state index in [0.29, 0.717) is 5.56 Å². The molecule has 3 N–H and O–H groups in total. The zero-order valence-electron chi connectivity index (χ0n) is 16.4. The van der Waals surface area contributed by atoms with Gasteiger partial charge in [-0.1, -0.05) is 37.8 Å². The second-order valence-corrected chi connectivity index (χ2v) is 13.0. The minimum atomic E-state index is -1.86. The Labute approximate surface area is 167 Å². The van der Waals surface area contributed by atoms with Gasteiger partial charge < -0.3 is 19.7 Å². The lowest BCUT2D eigenvalue weighted by molar-refractivity contribution is -0.0603. The number of H-pyrrole nitrogens is 1. The first-order valence-corrected chi connectivity index (χ1v) is 12.7. The van der Waals surface area contributed by atoms with E-state index in [-0.39, 0.29) is 0 Å². The van der Waals surface area contributed by atoms with E-state index in [9.17, 15) is 24.6 Å². The van der Waals surface area contributed by atoms with E-state index in [2.05, 4.69) is 24.6 Å². The van der Waals surface area contributed by atoms with Gasteiger partial charge in [-0.25, -0.2) is 9.59 Å². The van der Waals surface area contributed by atoms with Crippen LogP contribution in [0.15, 0.2) is 46.1 Å². The second kappa shape index (κ2) is 8.07. The van der Waals surface area contributed by atoms with Crippen LogP contribution in [-0.4, -0.2) is 58.7 Å². The van der Waals surface area contributed by atoms with Gasteiger partial charge >= 0.3 is 11.7 Å². The van der Waals surface area contributed by atoms with Gasteiger partial charge in [0.1, 0.15) is 12.2 Å². The monoisotopic (exact) mass is 420 g/mol. The van der Waals surface area contributed by atoms with Gasteiger partial charge in [-0.3, -0.25) is 14.3 Å². The van der Waals surface area contributed by atoms with Crippen molar-refractivity contribution >= 4 is 19.2 Å². The molecule has 0 aliphatic carbocycles. The number of hydrogen-bond acceptors (Lipinski definition) is 7.